The van der Waals surface area contributed by atoms with E-state index >= 15 is 0 Å². The molecule has 0 amide bonds. The van der Waals surface area contributed by atoms with Crippen molar-refractivity contribution >= 4 is 85.1 Å². The van der Waals surface area contributed by atoms with Crippen molar-refractivity contribution in [3.63, 3.8) is 0 Å². The van der Waals surface area contributed by atoms with Gasteiger partial charge in [-0.3, -0.25) is 4.66 Å². The summed E-state index contributed by atoms with van der Waals surface area (Å²) in [5, 5.41) is 0. The topological polar surface area (TPSA) is 20.2 Å². The number of hydrogen-bond acceptors (Lipinski definition) is 1. The Hall–Kier alpha value is 2.57. The van der Waals surface area contributed by atoms with E-state index in [4.69, 9.17) is 4.66 Å². The first-order valence-electron chi connectivity index (χ1n) is 0.169. The van der Waals surface area contributed by atoms with Gasteiger partial charge >= 0.3 is 60.8 Å². The average molecular weight is 157 g/mol. The molecule has 0 aromatic carbocycles. The summed E-state index contributed by atoms with van der Waals surface area (Å²) in [4.78, 5) is 0. The Morgan fingerprint density at radius 2 is 1.40 bits per heavy atom. The van der Waals surface area contributed by atoms with Gasteiger partial charge in [-0.2, -0.15) is 0 Å². The summed E-state index contributed by atoms with van der Waals surface area (Å²) in [6, 6.07) is 0. The monoisotopic (exact) mass is 156 g/mol. The Kier molecular flexibility index (Phi) is 158. The molecule has 0 aliphatic heterocycles. The Morgan fingerprint density at radius 1 is 1.40 bits per heavy atom. The third kappa shape index (κ3) is 20.8. The second-order valence-electron chi connectivity index (χ2n) is 0. The molecule has 0 radical (unpaired) electrons. The molecule has 5 heavy (non-hydrogen) atoms. The molecule has 1 N–H and O–H groups in total. The predicted molar refractivity (Wildman–Crippen MR) is 31.3 cm³/mol. The standard InChI is InChI=1S/Ca.ClHO.ClH.Mg.4H/c;1-2;;;;;;/h;2H;1H;;;;;/q+2;;;+2;4*-1. The SMILES string of the molecule is Cl.OCl.[Ca+2].[H-].[H-].[H-].[H-].[Mg+2]. The van der Waals surface area contributed by atoms with Crippen molar-refractivity contribution in [1.82, 2.24) is 0 Å². The zero-order valence-electron chi connectivity index (χ0n) is 6.65. The molecule has 0 saturated heterocycles. The summed E-state index contributed by atoms with van der Waals surface area (Å²) in [6.45, 7) is 0. The number of halogens is 2. The quantitative estimate of drug-likeness (QED) is 0.500. The maximum absolute atomic E-state index is 6.47. The molecule has 0 bridgehead atoms. The van der Waals surface area contributed by atoms with Crippen LogP contribution in [-0.4, -0.2) is 65.5 Å². The van der Waals surface area contributed by atoms with E-state index in [0.29, 0.717) is 0 Å². The molecule has 30 valence electrons. The van der Waals surface area contributed by atoms with E-state index in [1.807, 2.05) is 0 Å². The molecule has 0 fully saturated rings. The number of rotatable bonds is 0. The van der Waals surface area contributed by atoms with E-state index in [1.165, 1.54) is 0 Å². The summed E-state index contributed by atoms with van der Waals surface area (Å²) in [5.74, 6) is 0. The molecule has 0 unspecified atom stereocenters. The first-order valence-corrected chi connectivity index (χ1v) is 0.507. The largest absolute Gasteiger partial charge is 2.00 e. The summed E-state index contributed by atoms with van der Waals surface area (Å²) in [6.07, 6.45) is 0. The van der Waals surface area contributed by atoms with Crippen LogP contribution in [0.5, 0.6) is 0 Å². The molecule has 0 heterocycles. The summed E-state index contributed by atoms with van der Waals surface area (Å²) in [7, 11) is 0. The van der Waals surface area contributed by atoms with E-state index < -0.39 is 0 Å². The van der Waals surface area contributed by atoms with Crippen LogP contribution in [-0.2, 0) is 0 Å². The molecule has 1 nitrogen and oxygen atoms in total. The van der Waals surface area contributed by atoms with Gasteiger partial charge in [0.25, 0.3) is 0 Å². The Bertz CT molecular complexity index is 18.5. The fraction of sp³-hybridized carbons (Fsp3) is 0. The summed E-state index contributed by atoms with van der Waals surface area (Å²) in [5.41, 5.74) is 0. The van der Waals surface area contributed by atoms with Gasteiger partial charge in [-0.15, -0.1) is 12.4 Å². The van der Waals surface area contributed by atoms with Crippen LogP contribution < -0.4 is 0 Å². The van der Waals surface area contributed by atoms with Crippen LogP contribution in [0.3, 0.4) is 0 Å². The van der Waals surface area contributed by atoms with Gasteiger partial charge in [0.05, 0.1) is 11.9 Å². The molecule has 5 heteroatoms. The van der Waals surface area contributed by atoms with Crippen molar-refractivity contribution in [2.24, 2.45) is 0 Å². The maximum Gasteiger partial charge on any atom is 2.00 e. The van der Waals surface area contributed by atoms with Crippen LogP contribution >= 0.6 is 24.3 Å². The van der Waals surface area contributed by atoms with Crippen molar-refractivity contribution in [1.29, 1.82) is 0 Å². The molecule has 0 aliphatic carbocycles. The second kappa shape index (κ2) is 30.9. The van der Waals surface area contributed by atoms with Gasteiger partial charge in [-0.05, 0) is 0 Å². The van der Waals surface area contributed by atoms with Crippen molar-refractivity contribution in [2.45, 2.75) is 0 Å². The van der Waals surface area contributed by atoms with Crippen molar-refractivity contribution in [3.05, 3.63) is 0 Å². The van der Waals surface area contributed by atoms with Crippen molar-refractivity contribution in [3.8, 4) is 0 Å². The van der Waals surface area contributed by atoms with Crippen LogP contribution in [0.1, 0.15) is 5.71 Å². The van der Waals surface area contributed by atoms with Gasteiger partial charge < -0.3 is 5.71 Å². The van der Waals surface area contributed by atoms with Crippen LogP contribution in [0.4, 0.5) is 0 Å². The normalized spacial score (nSPS) is 1.20. The third-order valence-electron chi connectivity index (χ3n) is 0. The van der Waals surface area contributed by atoms with Gasteiger partial charge in [0, 0.05) is 0 Å². The maximum atomic E-state index is 6.47. The minimum atomic E-state index is 0. The summed E-state index contributed by atoms with van der Waals surface area (Å²) < 4.78 is 6.47. The molecular formula is H6CaCl2MgO. The van der Waals surface area contributed by atoms with E-state index in [0.717, 1.165) is 0 Å². The molecule has 0 atom stereocenters. The Balaban J connectivity index is -0.000000000238. The second-order valence-corrected chi connectivity index (χ2v) is 0. The Labute approximate surface area is 94.1 Å². The third-order valence-corrected chi connectivity index (χ3v) is 0. The van der Waals surface area contributed by atoms with Gasteiger partial charge in [0.15, 0.2) is 0 Å². The average Bonchev–Trinajstić information content (AvgIpc) is 1.00. The van der Waals surface area contributed by atoms with E-state index in [1.54, 1.807) is 0 Å². The minimum absolute atomic E-state index is 0. The van der Waals surface area contributed by atoms with Crippen LogP contribution in [0.25, 0.3) is 0 Å². The molecule has 0 aromatic rings. The van der Waals surface area contributed by atoms with Gasteiger partial charge in [-0.25, -0.2) is 0 Å². The fourth-order valence-corrected chi connectivity index (χ4v) is 0. The van der Waals surface area contributed by atoms with Crippen LogP contribution in [0.2, 0.25) is 0 Å². The predicted octanol–water partition coefficient (Wildman–Crippen LogP) is 0.243. The summed E-state index contributed by atoms with van der Waals surface area (Å²) >= 11 is 3.64. The van der Waals surface area contributed by atoms with Crippen molar-refractivity contribution in [2.75, 3.05) is 0 Å². The Morgan fingerprint density at radius 3 is 1.40 bits per heavy atom. The van der Waals surface area contributed by atoms with Crippen molar-refractivity contribution < 1.29 is 10.4 Å². The molecule has 0 saturated carbocycles. The van der Waals surface area contributed by atoms with E-state index in [2.05, 4.69) is 11.9 Å². The zero-order chi connectivity index (χ0) is 2.00. The molecular weight excluding hydrogens is 151 g/mol. The van der Waals surface area contributed by atoms with E-state index in [-0.39, 0.29) is 78.9 Å². The molecule has 0 aliphatic rings. The van der Waals surface area contributed by atoms with E-state index in [9.17, 15) is 0 Å². The first kappa shape index (κ1) is 25.7. The van der Waals surface area contributed by atoms with Crippen LogP contribution in [0.15, 0.2) is 0 Å². The van der Waals surface area contributed by atoms with Gasteiger partial charge in [0.1, 0.15) is 0 Å². The minimum Gasteiger partial charge on any atom is -1.00 e. The molecule has 0 aromatic heterocycles. The molecule has 0 spiro atoms. The first-order chi connectivity index (χ1) is 1.00. The zero-order valence-corrected chi connectivity index (χ0v) is 7.84. The molecule has 0 rings (SSSR count). The smallest absolute Gasteiger partial charge is 1.00 e. The van der Waals surface area contributed by atoms with Gasteiger partial charge in [0.2, 0.25) is 0 Å². The fourth-order valence-electron chi connectivity index (χ4n) is 0. The number of hydrogen-bond donors (Lipinski definition) is 1. The van der Waals surface area contributed by atoms with Gasteiger partial charge in [-0.1, -0.05) is 0 Å². The van der Waals surface area contributed by atoms with Crippen LogP contribution in [0, 0.1) is 0 Å².